The molecule has 1 N–H and O–H groups in total. The Balaban J connectivity index is 1.96. The number of hydrogen-bond acceptors (Lipinski definition) is 4. The van der Waals surface area contributed by atoms with Crippen LogP contribution in [-0.4, -0.2) is 17.7 Å². The van der Waals surface area contributed by atoms with E-state index in [0.717, 1.165) is 16.9 Å². The van der Waals surface area contributed by atoms with Crippen LogP contribution in [-0.2, 0) is 0 Å². The van der Waals surface area contributed by atoms with Gasteiger partial charge < -0.3 is 14.3 Å². The van der Waals surface area contributed by atoms with Gasteiger partial charge in [0, 0.05) is 6.42 Å². The summed E-state index contributed by atoms with van der Waals surface area (Å²) in [5.74, 6) is -0.698. The Hall–Kier alpha value is -2.74. The molecule has 2 rings (SSSR count). The normalized spacial score (nSPS) is 11.7. The Kier molecular flexibility index (Phi) is 4.84. The van der Waals surface area contributed by atoms with Crippen LogP contribution in [0.25, 0.3) is 0 Å². The molecule has 1 aromatic carbocycles. The van der Waals surface area contributed by atoms with Crippen molar-refractivity contribution in [1.29, 1.82) is 5.26 Å². The van der Waals surface area contributed by atoms with E-state index in [1.807, 2.05) is 32.0 Å². The maximum Gasteiger partial charge on any atom is 0.371 e. The number of carboxylic acid groups (broad SMARTS) is 1. The summed E-state index contributed by atoms with van der Waals surface area (Å²) < 4.78 is 10.9. The molecule has 0 aliphatic rings. The molecule has 1 unspecified atom stereocenters. The van der Waals surface area contributed by atoms with Crippen LogP contribution < -0.4 is 4.74 Å². The molecule has 0 aliphatic heterocycles. The van der Waals surface area contributed by atoms with Crippen LogP contribution in [0.4, 0.5) is 0 Å². The maximum absolute atomic E-state index is 10.8. The molecule has 0 spiro atoms. The van der Waals surface area contributed by atoms with Gasteiger partial charge in [0.15, 0.2) is 0 Å². The zero-order chi connectivity index (χ0) is 16.1. The maximum atomic E-state index is 10.8. The van der Waals surface area contributed by atoms with Gasteiger partial charge in [-0.1, -0.05) is 17.7 Å². The van der Waals surface area contributed by atoms with Crippen LogP contribution in [0.5, 0.6) is 5.75 Å². The van der Waals surface area contributed by atoms with E-state index < -0.39 is 11.9 Å². The summed E-state index contributed by atoms with van der Waals surface area (Å²) in [5.41, 5.74) is 2.20. The van der Waals surface area contributed by atoms with Crippen molar-refractivity contribution >= 4 is 5.97 Å². The van der Waals surface area contributed by atoms with Gasteiger partial charge in [0.25, 0.3) is 0 Å². The van der Waals surface area contributed by atoms with Gasteiger partial charge in [-0.25, -0.2) is 4.79 Å². The molecular weight excluding hydrogens is 282 g/mol. The van der Waals surface area contributed by atoms with E-state index in [4.69, 9.17) is 14.3 Å². The summed E-state index contributed by atoms with van der Waals surface area (Å²) in [7, 11) is 0. The van der Waals surface area contributed by atoms with Gasteiger partial charge in [0.05, 0.1) is 12.7 Å². The molecule has 1 aromatic heterocycles. The number of nitriles is 1. The first kappa shape index (κ1) is 15.6. The predicted octanol–water partition coefficient (Wildman–Crippen LogP) is 3.67. The standard InChI is InChI=1S/C17H17NO4/c1-11-3-4-14(12(2)9-11)21-8-7-13(10-18)15-5-6-16(22-15)17(19)20/h3-6,9,13H,7-8H2,1-2H3,(H,19,20). The zero-order valence-corrected chi connectivity index (χ0v) is 12.5. The van der Waals surface area contributed by atoms with Crippen LogP contribution in [0.15, 0.2) is 34.7 Å². The van der Waals surface area contributed by atoms with Crippen molar-refractivity contribution < 1.29 is 19.1 Å². The molecule has 5 nitrogen and oxygen atoms in total. The van der Waals surface area contributed by atoms with Crippen LogP contribution >= 0.6 is 0 Å². The number of aromatic carboxylic acids is 1. The number of carboxylic acids is 1. The lowest BCUT2D eigenvalue weighted by Crippen LogP contribution is -2.05. The minimum atomic E-state index is -1.14. The number of furan rings is 1. The van der Waals surface area contributed by atoms with Crippen molar-refractivity contribution in [2.75, 3.05) is 6.61 Å². The Morgan fingerprint density at radius 2 is 2.14 bits per heavy atom. The monoisotopic (exact) mass is 299 g/mol. The SMILES string of the molecule is Cc1ccc(OCCC(C#N)c2ccc(C(=O)O)o2)c(C)c1. The molecule has 0 saturated carbocycles. The fourth-order valence-corrected chi connectivity index (χ4v) is 2.17. The van der Waals surface area contributed by atoms with E-state index in [9.17, 15) is 10.1 Å². The van der Waals surface area contributed by atoms with Gasteiger partial charge >= 0.3 is 5.97 Å². The van der Waals surface area contributed by atoms with E-state index >= 15 is 0 Å². The van der Waals surface area contributed by atoms with Gasteiger partial charge in [-0.3, -0.25) is 0 Å². The quantitative estimate of drug-likeness (QED) is 0.879. The number of carbonyl (C=O) groups is 1. The summed E-state index contributed by atoms with van der Waals surface area (Å²) >= 11 is 0. The minimum Gasteiger partial charge on any atom is -0.493 e. The van der Waals surface area contributed by atoms with E-state index in [0.29, 0.717) is 18.8 Å². The lowest BCUT2D eigenvalue weighted by Gasteiger charge is -2.11. The summed E-state index contributed by atoms with van der Waals surface area (Å²) in [6, 6.07) is 10.9. The van der Waals surface area contributed by atoms with Crippen LogP contribution in [0.2, 0.25) is 0 Å². The summed E-state index contributed by atoms with van der Waals surface area (Å²) in [6.45, 7) is 4.33. The fourth-order valence-electron chi connectivity index (χ4n) is 2.17. The van der Waals surface area contributed by atoms with Crippen molar-refractivity contribution in [2.45, 2.75) is 26.2 Å². The molecular formula is C17H17NO4. The molecule has 2 aromatic rings. The number of benzene rings is 1. The highest BCUT2D eigenvalue weighted by atomic mass is 16.5. The Labute approximate surface area is 128 Å². The van der Waals surface area contributed by atoms with Gasteiger partial charge in [-0.05, 0) is 37.6 Å². The lowest BCUT2D eigenvalue weighted by molar-refractivity contribution is 0.0660. The second-order valence-electron chi connectivity index (χ2n) is 5.09. The number of ether oxygens (including phenoxy) is 1. The Morgan fingerprint density at radius 1 is 1.36 bits per heavy atom. The van der Waals surface area contributed by atoms with E-state index in [1.54, 1.807) is 0 Å². The third kappa shape index (κ3) is 3.67. The molecule has 1 heterocycles. The Morgan fingerprint density at radius 3 is 2.73 bits per heavy atom. The van der Waals surface area contributed by atoms with Crippen LogP contribution in [0, 0.1) is 25.2 Å². The predicted molar refractivity (Wildman–Crippen MR) is 80.0 cm³/mol. The average molecular weight is 299 g/mol. The number of nitrogens with zero attached hydrogens (tertiary/aromatic N) is 1. The molecule has 0 bridgehead atoms. The van der Waals surface area contributed by atoms with Gasteiger partial charge in [-0.15, -0.1) is 0 Å². The third-order valence-electron chi connectivity index (χ3n) is 3.33. The third-order valence-corrected chi connectivity index (χ3v) is 3.33. The first-order chi connectivity index (χ1) is 10.5. The van der Waals surface area contributed by atoms with Crippen molar-refractivity contribution in [2.24, 2.45) is 0 Å². The first-order valence-corrected chi connectivity index (χ1v) is 6.94. The second kappa shape index (κ2) is 6.81. The topological polar surface area (TPSA) is 83.5 Å². The molecule has 0 aliphatic carbocycles. The molecule has 22 heavy (non-hydrogen) atoms. The largest absolute Gasteiger partial charge is 0.493 e. The van der Waals surface area contributed by atoms with Gasteiger partial charge in [0.1, 0.15) is 17.4 Å². The fraction of sp³-hybridized carbons (Fsp3) is 0.294. The Bertz CT molecular complexity index is 712. The smallest absolute Gasteiger partial charge is 0.371 e. The first-order valence-electron chi connectivity index (χ1n) is 6.94. The van der Waals surface area contributed by atoms with E-state index in [1.165, 1.54) is 12.1 Å². The zero-order valence-electron chi connectivity index (χ0n) is 12.5. The van der Waals surface area contributed by atoms with Gasteiger partial charge in [0.2, 0.25) is 5.76 Å². The van der Waals surface area contributed by atoms with E-state index in [2.05, 4.69) is 6.07 Å². The molecule has 0 radical (unpaired) electrons. The minimum absolute atomic E-state index is 0.162. The molecule has 114 valence electrons. The number of rotatable bonds is 6. The summed E-state index contributed by atoms with van der Waals surface area (Å²) in [6.07, 6.45) is 0.427. The highest BCUT2D eigenvalue weighted by Crippen LogP contribution is 2.23. The summed E-state index contributed by atoms with van der Waals surface area (Å²) in [4.78, 5) is 10.8. The van der Waals surface area contributed by atoms with E-state index in [-0.39, 0.29) is 5.76 Å². The molecule has 0 amide bonds. The van der Waals surface area contributed by atoms with Crippen LogP contribution in [0.1, 0.15) is 39.8 Å². The highest BCUT2D eigenvalue weighted by molar-refractivity contribution is 5.84. The number of hydrogen-bond donors (Lipinski definition) is 1. The average Bonchev–Trinajstić information content (AvgIpc) is 2.95. The van der Waals surface area contributed by atoms with Crippen molar-refractivity contribution in [3.05, 3.63) is 53.0 Å². The number of aryl methyl sites for hydroxylation is 2. The molecule has 0 saturated heterocycles. The highest BCUT2D eigenvalue weighted by Gasteiger charge is 2.18. The molecule has 1 atom stereocenters. The second-order valence-corrected chi connectivity index (χ2v) is 5.09. The molecule has 5 heteroatoms. The van der Waals surface area contributed by atoms with Crippen molar-refractivity contribution in [3.8, 4) is 11.8 Å². The van der Waals surface area contributed by atoms with Crippen molar-refractivity contribution in [1.82, 2.24) is 0 Å². The lowest BCUT2D eigenvalue weighted by atomic mass is 10.1. The van der Waals surface area contributed by atoms with Crippen molar-refractivity contribution in [3.63, 3.8) is 0 Å². The molecule has 0 fully saturated rings. The van der Waals surface area contributed by atoms with Gasteiger partial charge in [-0.2, -0.15) is 5.26 Å². The summed E-state index contributed by atoms with van der Waals surface area (Å²) in [5, 5.41) is 18.0. The van der Waals surface area contributed by atoms with Crippen LogP contribution in [0.3, 0.4) is 0 Å².